The number of carbonyl (C=O) groups is 1. The molecule has 0 aromatic rings. The Bertz CT molecular complexity index is 154. The van der Waals surface area contributed by atoms with E-state index in [4.69, 9.17) is 0 Å². The molecule has 0 saturated heterocycles. The van der Waals surface area contributed by atoms with E-state index in [1.807, 2.05) is 0 Å². The molecule has 1 heteroatoms. The van der Waals surface area contributed by atoms with E-state index in [0.717, 1.165) is 25.5 Å². The summed E-state index contributed by atoms with van der Waals surface area (Å²) in [5, 5.41) is 0. The lowest BCUT2D eigenvalue weighted by Crippen LogP contribution is -1.87. The highest BCUT2D eigenvalue weighted by Crippen LogP contribution is 2.15. The van der Waals surface area contributed by atoms with Crippen LogP contribution in [0.4, 0.5) is 0 Å². The molecule has 0 unspecified atom stereocenters. The van der Waals surface area contributed by atoms with Crippen LogP contribution in [0.1, 0.15) is 19.3 Å². The number of aldehydes is 1. The second-order valence-corrected chi connectivity index (χ2v) is 2.18. The molecule has 0 saturated carbocycles. The molecule has 0 aliphatic heterocycles. The molecule has 0 fully saturated rings. The fourth-order valence-electron chi connectivity index (χ4n) is 0.971. The van der Waals surface area contributed by atoms with E-state index in [2.05, 4.69) is 12.2 Å². The van der Waals surface area contributed by atoms with Gasteiger partial charge in [0.05, 0.1) is 0 Å². The van der Waals surface area contributed by atoms with Gasteiger partial charge in [0.15, 0.2) is 0 Å². The summed E-state index contributed by atoms with van der Waals surface area (Å²) >= 11 is 0. The van der Waals surface area contributed by atoms with E-state index in [1.54, 1.807) is 6.08 Å². The van der Waals surface area contributed by atoms with Crippen LogP contribution in [0.15, 0.2) is 23.8 Å². The van der Waals surface area contributed by atoms with Gasteiger partial charge in [-0.1, -0.05) is 17.7 Å². The van der Waals surface area contributed by atoms with Gasteiger partial charge in [-0.25, -0.2) is 0 Å². The molecule has 0 N–H and O–H groups in total. The van der Waals surface area contributed by atoms with E-state index in [0.29, 0.717) is 0 Å². The maximum atomic E-state index is 9.97. The minimum absolute atomic E-state index is 0.870. The number of carbonyl (C=O) groups excluding carboxylic acids is 1. The third-order valence-electron chi connectivity index (χ3n) is 1.48. The van der Waals surface area contributed by atoms with Crippen molar-refractivity contribution in [3.05, 3.63) is 23.8 Å². The molecule has 0 amide bonds. The molecule has 9 heavy (non-hydrogen) atoms. The molecule has 0 bridgehead atoms. The van der Waals surface area contributed by atoms with E-state index in [1.165, 1.54) is 5.57 Å². The quantitative estimate of drug-likeness (QED) is 0.294. The van der Waals surface area contributed by atoms with Gasteiger partial charge < -0.3 is 0 Å². The summed E-state index contributed by atoms with van der Waals surface area (Å²) in [4.78, 5) is 9.97. The first-order valence-corrected chi connectivity index (χ1v) is 3.21. The summed E-state index contributed by atoms with van der Waals surface area (Å²) in [6.45, 7) is 0. The monoisotopic (exact) mass is 122 g/mol. The number of hydrogen-bond acceptors (Lipinski definition) is 1. The zero-order valence-corrected chi connectivity index (χ0v) is 5.34. The molecule has 0 atom stereocenters. The average Bonchev–Trinajstić information content (AvgIpc) is 1.91. The minimum Gasteiger partial charge on any atom is -0.299 e. The van der Waals surface area contributed by atoms with Crippen LogP contribution < -0.4 is 0 Å². The zero-order valence-electron chi connectivity index (χ0n) is 5.34. The van der Waals surface area contributed by atoms with Crippen LogP contribution in [-0.2, 0) is 4.79 Å². The van der Waals surface area contributed by atoms with E-state index >= 15 is 0 Å². The van der Waals surface area contributed by atoms with Gasteiger partial charge in [0.25, 0.3) is 0 Å². The lowest BCUT2D eigenvalue weighted by molar-refractivity contribution is -0.104. The molecular formula is C8H10O. The summed E-state index contributed by atoms with van der Waals surface area (Å²) < 4.78 is 0. The largest absolute Gasteiger partial charge is 0.299 e. The maximum Gasteiger partial charge on any atom is 0.142 e. The standard InChI is InChI=1S/C8H10O/c9-7-6-8-4-2-1-3-5-8/h1-2,6-7H,3-5H2/b8-6+. The Hall–Kier alpha value is -0.850. The Morgan fingerprint density at radius 3 is 2.89 bits per heavy atom. The van der Waals surface area contributed by atoms with Crippen molar-refractivity contribution in [3.63, 3.8) is 0 Å². The van der Waals surface area contributed by atoms with Crippen molar-refractivity contribution in [2.45, 2.75) is 19.3 Å². The number of allylic oxidation sites excluding steroid dienone is 4. The highest BCUT2D eigenvalue weighted by molar-refractivity contribution is 5.66. The predicted octanol–water partition coefficient (Wildman–Crippen LogP) is 1.85. The first kappa shape index (κ1) is 6.27. The summed E-state index contributed by atoms with van der Waals surface area (Å²) in [5.41, 5.74) is 1.26. The predicted molar refractivity (Wildman–Crippen MR) is 37.1 cm³/mol. The Kier molecular flexibility index (Phi) is 2.25. The lowest BCUT2D eigenvalue weighted by Gasteiger charge is -2.04. The topological polar surface area (TPSA) is 17.1 Å². The van der Waals surface area contributed by atoms with Crippen molar-refractivity contribution >= 4 is 6.29 Å². The summed E-state index contributed by atoms with van der Waals surface area (Å²) in [7, 11) is 0. The normalized spacial score (nSPS) is 22.4. The second-order valence-electron chi connectivity index (χ2n) is 2.18. The third kappa shape index (κ3) is 1.84. The van der Waals surface area contributed by atoms with Crippen LogP contribution in [0, 0.1) is 0 Å². The van der Waals surface area contributed by atoms with Crippen molar-refractivity contribution in [3.8, 4) is 0 Å². The Morgan fingerprint density at radius 1 is 1.44 bits per heavy atom. The Balaban J connectivity index is 2.52. The molecule has 1 rings (SSSR count). The van der Waals surface area contributed by atoms with Gasteiger partial charge in [0, 0.05) is 0 Å². The van der Waals surface area contributed by atoms with Gasteiger partial charge in [-0.2, -0.15) is 0 Å². The Labute approximate surface area is 55.1 Å². The van der Waals surface area contributed by atoms with Crippen LogP contribution >= 0.6 is 0 Å². The molecule has 1 aliphatic rings. The molecule has 0 aromatic carbocycles. The first-order chi connectivity index (χ1) is 4.43. The zero-order chi connectivity index (χ0) is 6.53. The first-order valence-electron chi connectivity index (χ1n) is 3.21. The number of hydrogen-bond donors (Lipinski definition) is 0. The van der Waals surface area contributed by atoms with Crippen molar-refractivity contribution in [2.75, 3.05) is 0 Å². The fourth-order valence-corrected chi connectivity index (χ4v) is 0.971. The summed E-state index contributed by atoms with van der Waals surface area (Å²) in [5.74, 6) is 0. The maximum absolute atomic E-state index is 9.97. The fraction of sp³-hybridized carbons (Fsp3) is 0.375. The van der Waals surface area contributed by atoms with Crippen LogP contribution in [-0.4, -0.2) is 6.29 Å². The SMILES string of the molecule is O=C/C=C1\CC=CCC1. The highest BCUT2D eigenvalue weighted by Gasteiger charge is 1.97. The Morgan fingerprint density at radius 2 is 2.33 bits per heavy atom. The summed E-state index contributed by atoms with van der Waals surface area (Å²) in [6, 6.07) is 0. The van der Waals surface area contributed by atoms with Gasteiger partial charge in [-0.3, -0.25) is 4.79 Å². The van der Waals surface area contributed by atoms with E-state index < -0.39 is 0 Å². The molecule has 0 heterocycles. The molecule has 0 spiro atoms. The number of rotatable bonds is 1. The molecule has 1 aliphatic carbocycles. The molecule has 48 valence electrons. The van der Waals surface area contributed by atoms with Crippen LogP contribution in [0.2, 0.25) is 0 Å². The lowest BCUT2D eigenvalue weighted by atomic mass is 10.0. The summed E-state index contributed by atoms with van der Waals surface area (Å²) in [6.07, 6.45) is 9.94. The molecule has 1 nitrogen and oxygen atoms in total. The van der Waals surface area contributed by atoms with Crippen LogP contribution in [0.5, 0.6) is 0 Å². The van der Waals surface area contributed by atoms with Gasteiger partial charge in [-0.05, 0) is 25.3 Å². The minimum atomic E-state index is 0.870. The smallest absolute Gasteiger partial charge is 0.142 e. The van der Waals surface area contributed by atoms with Crippen molar-refractivity contribution in [1.29, 1.82) is 0 Å². The molecule has 0 aromatic heterocycles. The van der Waals surface area contributed by atoms with Crippen molar-refractivity contribution in [2.24, 2.45) is 0 Å². The molecular weight excluding hydrogens is 112 g/mol. The van der Waals surface area contributed by atoms with Crippen molar-refractivity contribution in [1.82, 2.24) is 0 Å². The van der Waals surface area contributed by atoms with E-state index in [9.17, 15) is 4.79 Å². The second kappa shape index (κ2) is 3.23. The third-order valence-corrected chi connectivity index (χ3v) is 1.48. The van der Waals surface area contributed by atoms with Crippen LogP contribution in [0.25, 0.3) is 0 Å². The highest BCUT2D eigenvalue weighted by atomic mass is 16.1. The van der Waals surface area contributed by atoms with Crippen molar-refractivity contribution < 1.29 is 4.79 Å². The van der Waals surface area contributed by atoms with Gasteiger partial charge in [0.2, 0.25) is 0 Å². The molecule has 0 radical (unpaired) electrons. The average molecular weight is 122 g/mol. The van der Waals surface area contributed by atoms with Gasteiger partial charge in [-0.15, -0.1) is 0 Å². The van der Waals surface area contributed by atoms with Gasteiger partial charge in [0.1, 0.15) is 6.29 Å². The van der Waals surface area contributed by atoms with Gasteiger partial charge >= 0.3 is 0 Å². The van der Waals surface area contributed by atoms with E-state index in [-0.39, 0.29) is 0 Å². The van der Waals surface area contributed by atoms with Crippen LogP contribution in [0.3, 0.4) is 0 Å².